The monoisotopic (exact) mass is 245 g/mol. The molecular formula is C11H16ClNO3. The summed E-state index contributed by atoms with van der Waals surface area (Å²) in [5.41, 5.74) is 3.56. The first-order valence-corrected chi connectivity index (χ1v) is 5.36. The Bertz CT molecular complexity index is 344. The first-order valence-electron chi connectivity index (χ1n) is 4.98. The number of hydroxylamine groups is 1. The Morgan fingerprint density at radius 1 is 1.31 bits per heavy atom. The van der Waals surface area contributed by atoms with Gasteiger partial charge in [0.2, 0.25) is 0 Å². The van der Waals surface area contributed by atoms with Gasteiger partial charge in [-0.25, -0.2) is 0 Å². The van der Waals surface area contributed by atoms with Crippen LogP contribution in [0.2, 0.25) is 5.02 Å². The minimum Gasteiger partial charge on any atom is -0.493 e. The molecule has 0 saturated carbocycles. The van der Waals surface area contributed by atoms with Crippen LogP contribution in [0.1, 0.15) is 12.5 Å². The van der Waals surface area contributed by atoms with Crippen LogP contribution in [0.4, 0.5) is 0 Å². The van der Waals surface area contributed by atoms with Crippen molar-refractivity contribution in [3.63, 3.8) is 0 Å². The Morgan fingerprint density at radius 2 is 2.06 bits per heavy atom. The molecule has 5 heteroatoms. The molecule has 1 N–H and O–H groups in total. The minimum absolute atomic E-state index is 0.460. The molecule has 4 nitrogen and oxygen atoms in total. The second-order valence-corrected chi connectivity index (χ2v) is 3.42. The molecule has 0 unspecified atom stereocenters. The van der Waals surface area contributed by atoms with E-state index in [1.807, 2.05) is 6.92 Å². The van der Waals surface area contributed by atoms with Gasteiger partial charge in [0.15, 0.2) is 11.5 Å². The van der Waals surface area contributed by atoms with Crippen molar-refractivity contribution >= 4 is 11.6 Å². The molecule has 0 heterocycles. The normalized spacial score (nSPS) is 10.2. The molecule has 0 atom stereocenters. The van der Waals surface area contributed by atoms with Crippen molar-refractivity contribution in [3.8, 4) is 11.5 Å². The van der Waals surface area contributed by atoms with E-state index in [4.69, 9.17) is 25.9 Å². The highest BCUT2D eigenvalue weighted by Gasteiger charge is 2.14. The zero-order valence-electron chi connectivity index (χ0n) is 9.67. The number of halogens is 1. The number of hydrogen-bond acceptors (Lipinski definition) is 4. The van der Waals surface area contributed by atoms with Crippen LogP contribution in [-0.2, 0) is 11.4 Å². The molecule has 0 radical (unpaired) electrons. The van der Waals surface area contributed by atoms with Gasteiger partial charge in [0.05, 0.1) is 27.4 Å². The van der Waals surface area contributed by atoms with Crippen molar-refractivity contribution in [2.75, 3.05) is 20.8 Å². The fourth-order valence-electron chi connectivity index (χ4n) is 1.35. The summed E-state index contributed by atoms with van der Waals surface area (Å²) >= 11 is 6.10. The second kappa shape index (κ2) is 6.58. The van der Waals surface area contributed by atoms with Crippen LogP contribution in [0.15, 0.2) is 12.1 Å². The van der Waals surface area contributed by atoms with E-state index in [9.17, 15) is 0 Å². The van der Waals surface area contributed by atoms with Gasteiger partial charge in [-0.15, -0.1) is 0 Å². The van der Waals surface area contributed by atoms with Crippen molar-refractivity contribution in [1.29, 1.82) is 0 Å². The first-order chi connectivity index (χ1) is 7.74. The summed E-state index contributed by atoms with van der Waals surface area (Å²) < 4.78 is 10.8. The lowest BCUT2D eigenvalue weighted by Crippen LogP contribution is -2.13. The maximum Gasteiger partial charge on any atom is 0.167 e. The van der Waals surface area contributed by atoms with Crippen molar-refractivity contribution in [2.24, 2.45) is 0 Å². The zero-order chi connectivity index (χ0) is 12.0. The summed E-state index contributed by atoms with van der Waals surface area (Å²) in [5.74, 6) is 1.32. The van der Waals surface area contributed by atoms with E-state index in [1.54, 1.807) is 26.4 Å². The number of hydrogen-bond donors (Lipinski definition) is 1. The topological polar surface area (TPSA) is 39.7 Å². The van der Waals surface area contributed by atoms with Crippen LogP contribution in [0, 0.1) is 0 Å². The third kappa shape index (κ3) is 3.01. The van der Waals surface area contributed by atoms with Crippen molar-refractivity contribution < 1.29 is 14.3 Å². The summed E-state index contributed by atoms with van der Waals surface area (Å²) in [7, 11) is 3.15. The van der Waals surface area contributed by atoms with Crippen LogP contribution < -0.4 is 15.0 Å². The van der Waals surface area contributed by atoms with Crippen molar-refractivity contribution in [1.82, 2.24) is 5.48 Å². The predicted molar refractivity (Wildman–Crippen MR) is 63.0 cm³/mol. The molecule has 1 rings (SSSR count). The van der Waals surface area contributed by atoms with E-state index in [-0.39, 0.29) is 0 Å². The Labute approximate surface area is 100 Å². The van der Waals surface area contributed by atoms with Crippen LogP contribution in [-0.4, -0.2) is 20.8 Å². The van der Waals surface area contributed by atoms with E-state index in [2.05, 4.69) is 5.48 Å². The van der Waals surface area contributed by atoms with Gasteiger partial charge >= 0.3 is 0 Å². The largest absolute Gasteiger partial charge is 0.493 e. The van der Waals surface area contributed by atoms with Gasteiger partial charge in [0.1, 0.15) is 0 Å². The zero-order valence-corrected chi connectivity index (χ0v) is 10.4. The third-order valence-electron chi connectivity index (χ3n) is 2.07. The molecular weight excluding hydrogens is 230 g/mol. The molecule has 90 valence electrons. The molecule has 0 saturated heterocycles. The molecule has 0 aromatic heterocycles. The van der Waals surface area contributed by atoms with Crippen LogP contribution in [0.25, 0.3) is 0 Å². The smallest absolute Gasteiger partial charge is 0.167 e. The molecule has 0 bridgehead atoms. The first kappa shape index (κ1) is 13.1. The van der Waals surface area contributed by atoms with Crippen molar-refractivity contribution in [3.05, 3.63) is 22.7 Å². The van der Waals surface area contributed by atoms with Crippen molar-refractivity contribution in [2.45, 2.75) is 13.5 Å². The third-order valence-corrected chi connectivity index (χ3v) is 2.42. The number of benzene rings is 1. The maximum atomic E-state index is 6.10. The summed E-state index contributed by atoms with van der Waals surface area (Å²) in [5, 5.41) is 0.619. The van der Waals surface area contributed by atoms with Crippen LogP contribution in [0.3, 0.4) is 0 Å². The van der Waals surface area contributed by atoms with Gasteiger partial charge in [-0.05, 0) is 19.1 Å². The number of methoxy groups -OCH3 is 1. The Balaban J connectivity index is 3.08. The van der Waals surface area contributed by atoms with Gasteiger partial charge < -0.3 is 14.3 Å². The Morgan fingerprint density at radius 3 is 2.62 bits per heavy atom. The predicted octanol–water partition coefficient (Wildman–Crippen LogP) is 2.40. The lowest BCUT2D eigenvalue weighted by Gasteiger charge is -2.15. The van der Waals surface area contributed by atoms with E-state index in [0.717, 1.165) is 5.56 Å². The van der Waals surface area contributed by atoms with E-state index in [1.165, 1.54) is 0 Å². The molecule has 0 aliphatic heterocycles. The van der Waals surface area contributed by atoms with Gasteiger partial charge in [-0.2, -0.15) is 5.48 Å². The SMILES string of the molecule is CCOc1c(OC)ccc(Cl)c1CNOC. The average molecular weight is 246 g/mol. The quantitative estimate of drug-likeness (QED) is 0.782. The number of rotatable bonds is 6. The lowest BCUT2D eigenvalue weighted by atomic mass is 10.2. The Hall–Kier alpha value is -0.970. The second-order valence-electron chi connectivity index (χ2n) is 3.02. The van der Waals surface area contributed by atoms with Gasteiger partial charge in [-0.1, -0.05) is 11.6 Å². The summed E-state index contributed by atoms with van der Waals surface area (Å²) in [4.78, 5) is 4.80. The molecule has 1 aromatic rings. The van der Waals surface area contributed by atoms with Gasteiger partial charge in [0.25, 0.3) is 0 Å². The van der Waals surface area contributed by atoms with E-state index >= 15 is 0 Å². The highest BCUT2D eigenvalue weighted by molar-refractivity contribution is 6.31. The molecule has 0 aliphatic carbocycles. The fourth-order valence-corrected chi connectivity index (χ4v) is 1.57. The summed E-state index contributed by atoms with van der Waals surface area (Å²) in [6.07, 6.45) is 0. The molecule has 0 spiro atoms. The van der Waals surface area contributed by atoms with Crippen LogP contribution in [0.5, 0.6) is 11.5 Å². The van der Waals surface area contributed by atoms with E-state index in [0.29, 0.717) is 29.7 Å². The maximum absolute atomic E-state index is 6.10. The minimum atomic E-state index is 0.460. The molecule has 0 aliphatic rings. The summed E-state index contributed by atoms with van der Waals surface area (Å²) in [6.45, 7) is 2.92. The highest BCUT2D eigenvalue weighted by Crippen LogP contribution is 2.35. The highest BCUT2D eigenvalue weighted by atomic mass is 35.5. The van der Waals surface area contributed by atoms with Gasteiger partial charge in [-0.3, -0.25) is 0 Å². The average Bonchev–Trinajstić information content (AvgIpc) is 2.29. The molecule has 0 fully saturated rings. The number of nitrogens with one attached hydrogen (secondary N) is 1. The molecule has 1 aromatic carbocycles. The summed E-state index contributed by atoms with van der Waals surface area (Å²) in [6, 6.07) is 3.55. The fraction of sp³-hybridized carbons (Fsp3) is 0.455. The lowest BCUT2D eigenvalue weighted by molar-refractivity contribution is 0.0859. The Kier molecular flexibility index (Phi) is 5.38. The standard InChI is InChI=1S/C11H16ClNO3/c1-4-16-11-8(7-13-15-3)9(12)5-6-10(11)14-2/h5-6,13H,4,7H2,1-3H3. The van der Waals surface area contributed by atoms with Gasteiger partial charge in [0, 0.05) is 10.6 Å². The number of ether oxygens (including phenoxy) is 2. The van der Waals surface area contributed by atoms with E-state index < -0.39 is 0 Å². The molecule has 16 heavy (non-hydrogen) atoms. The molecule has 0 amide bonds. The van der Waals surface area contributed by atoms with Crippen LogP contribution >= 0.6 is 11.6 Å².